The molecule has 0 atom stereocenters. The lowest BCUT2D eigenvalue weighted by molar-refractivity contribution is -0.143. The summed E-state index contributed by atoms with van der Waals surface area (Å²) in [6, 6.07) is 7.44. The molecule has 0 saturated heterocycles. The zero-order valence-corrected chi connectivity index (χ0v) is 11.8. The lowest BCUT2D eigenvalue weighted by Crippen LogP contribution is -2.33. The molecular weight excluding hydrogens is 242 g/mol. The van der Waals surface area contributed by atoms with Crippen molar-refractivity contribution in [3.05, 3.63) is 35.4 Å². The molecule has 1 rings (SSSR count). The Balaban J connectivity index is 2.61. The third-order valence-corrected chi connectivity index (χ3v) is 2.86. The minimum absolute atomic E-state index is 0.0493. The highest BCUT2D eigenvalue weighted by molar-refractivity contribution is 5.94. The monoisotopic (exact) mass is 263 g/mol. The highest BCUT2D eigenvalue weighted by Gasteiger charge is 2.15. The van der Waals surface area contributed by atoms with Gasteiger partial charge in [0.15, 0.2) is 0 Å². The third kappa shape index (κ3) is 4.73. The molecule has 0 radical (unpaired) electrons. The van der Waals surface area contributed by atoms with Crippen LogP contribution in [-0.2, 0) is 9.53 Å². The number of rotatable bonds is 6. The van der Waals surface area contributed by atoms with E-state index in [4.69, 9.17) is 4.74 Å². The quantitative estimate of drug-likeness (QED) is 0.740. The predicted octanol–water partition coefficient (Wildman–Crippen LogP) is 2.41. The van der Waals surface area contributed by atoms with Crippen LogP contribution < -0.4 is 0 Å². The van der Waals surface area contributed by atoms with E-state index < -0.39 is 0 Å². The smallest absolute Gasteiger partial charge is 0.307 e. The summed E-state index contributed by atoms with van der Waals surface area (Å²) < 4.78 is 4.86. The minimum atomic E-state index is -0.266. The first-order chi connectivity index (χ1) is 9.08. The Hall–Kier alpha value is -1.84. The number of carbonyl (C=O) groups excluding carboxylic acids is 2. The second-order valence-electron chi connectivity index (χ2n) is 4.31. The van der Waals surface area contributed by atoms with E-state index in [1.165, 1.54) is 0 Å². The van der Waals surface area contributed by atoms with Crippen LogP contribution in [0.4, 0.5) is 0 Å². The van der Waals surface area contributed by atoms with Gasteiger partial charge in [0.25, 0.3) is 5.91 Å². The molecule has 0 saturated carbocycles. The average Bonchev–Trinajstić information content (AvgIpc) is 2.40. The van der Waals surface area contributed by atoms with Gasteiger partial charge in [-0.2, -0.15) is 0 Å². The third-order valence-electron chi connectivity index (χ3n) is 2.86. The van der Waals surface area contributed by atoms with Crippen molar-refractivity contribution >= 4 is 11.9 Å². The Bertz CT molecular complexity index is 426. The number of carbonyl (C=O) groups is 2. The molecule has 1 amide bonds. The van der Waals surface area contributed by atoms with Crippen LogP contribution >= 0.6 is 0 Å². The molecule has 0 heterocycles. The van der Waals surface area contributed by atoms with Gasteiger partial charge in [0.1, 0.15) is 0 Å². The maximum absolute atomic E-state index is 12.2. The van der Waals surface area contributed by atoms with Crippen LogP contribution in [0.2, 0.25) is 0 Å². The minimum Gasteiger partial charge on any atom is -0.466 e. The first kappa shape index (κ1) is 15.2. The predicted molar refractivity (Wildman–Crippen MR) is 74.0 cm³/mol. The topological polar surface area (TPSA) is 46.6 Å². The molecule has 4 nitrogen and oxygen atoms in total. The Morgan fingerprint density at radius 2 is 1.79 bits per heavy atom. The van der Waals surface area contributed by atoms with Gasteiger partial charge in [0, 0.05) is 18.7 Å². The fraction of sp³-hybridized carbons (Fsp3) is 0.467. The van der Waals surface area contributed by atoms with E-state index in [1.54, 1.807) is 11.8 Å². The SMILES string of the molecule is CCOC(=O)CCN(CC)C(=O)c1ccc(C)cc1. The number of amides is 1. The summed E-state index contributed by atoms with van der Waals surface area (Å²) in [4.78, 5) is 25.2. The number of esters is 1. The molecule has 0 spiro atoms. The van der Waals surface area contributed by atoms with Gasteiger partial charge in [0.2, 0.25) is 0 Å². The molecule has 1 aromatic carbocycles. The zero-order valence-electron chi connectivity index (χ0n) is 11.8. The molecule has 0 bridgehead atoms. The van der Waals surface area contributed by atoms with Crippen molar-refractivity contribution in [1.82, 2.24) is 4.90 Å². The first-order valence-electron chi connectivity index (χ1n) is 6.60. The number of hydrogen-bond acceptors (Lipinski definition) is 3. The van der Waals surface area contributed by atoms with E-state index in [1.807, 2.05) is 38.1 Å². The Labute approximate surface area is 114 Å². The van der Waals surface area contributed by atoms with Crippen LogP contribution in [0.25, 0.3) is 0 Å². The van der Waals surface area contributed by atoms with E-state index in [9.17, 15) is 9.59 Å². The molecule has 0 aromatic heterocycles. The van der Waals surface area contributed by atoms with E-state index in [2.05, 4.69) is 0 Å². The van der Waals surface area contributed by atoms with Gasteiger partial charge in [-0.05, 0) is 32.9 Å². The Morgan fingerprint density at radius 1 is 1.16 bits per heavy atom. The molecule has 0 fully saturated rings. The molecule has 0 aliphatic heterocycles. The standard InChI is InChI=1S/C15H21NO3/c1-4-16(11-10-14(17)19-5-2)15(18)13-8-6-12(3)7-9-13/h6-9H,4-5,10-11H2,1-3H3. The molecule has 4 heteroatoms. The van der Waals surface area contributed by atoms with Crippen LogP contribution in [0.5, 0.6) is 0 Å². The van der Waals surface area contributed by atoms with Gasteiger partial charge < -0.3 is 9.64 Å². The molecule has 0 unspecified atom stereocenters. The normalized spacial score (nSPS) is 10.1. The maximum Gasteiger partial charge on any atom is 0.307 e. The molecule has 19 heavy (non-hydrogen) atoms. The average molecular weight is 263 g/mol. The maximum atomic E-state index is 12.2. The van der Waals surface area contributed by atoms with Crippen LogP contribution in [-0.4, -0.2) is 36.5 Å². The van der Waals surface area contributed by atoms with Crippen LogP contribution in [0.1, 0.15) is 36.2 Å². The van der Waals surface area contributed by atoms with E-state index in [0.29, 0.717) is 25.3 Å². The molecule has 1 aromatic rings. The summed E-state index contributed by atoms with van der Waals surface area (Å²) in [6.45, 7) is 6.99. The van der Waals surface area contributed by atoms with E-state index in [-0.39, 0.29) is 18.3 Å². The van der Waals surface area contributed by atoms with Crippen LogP contribution in [0.15, 0.2) is 24.3 Å². The number of hydrogen-bond donors (Lipinski definition) is 0. The van der Waals surface area contributed by atoms with Gasteiger partial charge in [-0.1, -0.05) is 17.7 Å². The van der Waals surface area contributed by atoms with Gasteiger partial charge >= 0.3 is 5.97 Å². The number of benzene rings is 1. The summed E-state index contributed by atoms with van der Waals surface area (Å²) >= 11 is 0. The van der Waals surface area contributed by atoms with Crippen molar-refractivity contribution in [3.63, 3.8) is 0 Å². The first-order valence-corrected chi connectivity index (χ1v) is 6.60. The molecule has 104 valence electrons. The van der Waals surface area contributed by atoms with Gasteiger partial charge in [-0.15, -0.1) is 0 Å². The van der Waals surface area contributed by atoms with Crippen molar-refractivity contribution in [1.29, 1.82) is 0 Å². The second-order valence-corrected chi connectivity index (χ2v) is 4.31. The van der Waals surface area contributed by atoms with Crippen LogP contribution in [0, 0.1) is 6.92 Å². The van der Waals surface area contributed by atoms with Crippen molar-refractivity contribution in [2.45, 2.75) is 27.2 Å². The highest BCUT2D eigenvalue weighted by atomic mass is 16.5. The van der Waals surface area contributed by atoms with Crippen molar-refractivity contribution in [3.8, 4) is 0 Å². The summed E-state index contributed by atoms with van der Waals surface area (Å²) in [5.41, 5.74) is 1.77. The Morgan fingerprint density at radius 3 is 2.32 bits per heavy atom. The van der Waals surface area contributed by atoms with Gasteiger partial charge in [0.05, 0.1) is 13.0 Å². The summed E-state index contributed by atoms with van der Waals surface area (Å²) in [5.74, 6) is -0.315. The summed E-state index contributed by atoms with van der Waals surface area (Å²) in [5, 5.41) is 0. The molecule has 0 aliphatic rings. The van der Waals surface area contributed by atoms with E-state index >= 15 is 0 Å². The fourth-order valence-corrected chi connectivity index (χ4v) is 1.74. The summed E-state index contributed by atoms with van der Waals surface area (Å²) in [6.07, 6.45) is 0.235. The number of ether oxygens (including phenoxy) is 1. The van der Waals surface area contributed by atoms with E-state index in [0.717, 1.165) is 5.56 Å². The zero-order chi connectivity index (χ0) is 14.3. The fourth-order valence-electron chi connectivity index (χ4n) is 1.74. The second kappa shape index (κ2) is 7.56. The number of nitrogens with zero attached hydrogens (tertiary/aromatic N) is 1. The van der Waals surface area contributed by atoms with Crippen LogP contribution in [0.3, 0.4) is 0 Å². The van der Waals surface area contributed by atoms with Crippen molar-refractivity contribution in [2.75, 3.05) is 19.7 Å². The molecular formula is C15H21NO3. The lowest BCUT2D eigenvalue weighted by atomic mass is 10.1. The molecule has 0 aliphatic carbocycles. The highest BCUT2D eigenvalue weighted by Crippen LogP contribution is 2.08. The summed E-state index contributed by atoms with van der Waals surface area (Å²) in [7, 11) is 0. The number of aryl methyl sites for hydroxylation is 1. The lowest BCUT2D eigenvalue weighted by Gasteiger charge is -2.20. The van der Waals surface area contributed by atoms with Gasteiger partial charge in [-0.25, -0.2) is 0 Å². The van der Waals surface area contributed by atoms with Crippen molar-refractivity contribution in [2.24, 2.45) is 0 Å². The van der Waals surface area contributed by atoms with Gasteiger partial charge in [-0.3, -0.25) is 9.59 Å². The van der Waals surface area contributed by atoms with Crippen molar-refractivity contribution < 1.29 is 14.3 Å². The molecule has 0 N–H and O–H groups in total. The Kier molecular flexibility index (Phi) is 6.06. The largest absolute Gasteiger partial charge is 0.466 e.